The molecule has 1 atom stereocenters. The molecular formula is C15H24O2. The fourth-order valence-electron chi connectivity index (χ4n) is 1.74. The molecule has 0 heterocycles. The fraction of sp³-hybridized carbons (Fsp3) is 0.600. The van der Waals surface area contributed by atoms with Crippen LogP contribution in [-0.4, -0.2) is 11.2 Å². The minimum atomic E-state index is -0.400. The SMILES string of the molecule is CC(C)Oc1ccc(C(O)CC(C)(C)C)cc1. The Bertz CT molecular complexity index is 333. The lowest BCUT2D eigenvalue weighted by Crippen LogP contribution is -2.11. The van der Waals surface area contributed by atoms with Crippen molar-refractivity contribution >= 4 is 0 Å². The van der Waals surface area contributed by atoms with Crippen LogP contribution in [0.25, 0.3) is 0 Å². The molecule has 1 rings (SSSR count). The van der Waals surface area contributed by atoms with Gasteiger partial charge in [0.2, 0.25) is 0 Å². The van der Waals surface area contributed by atoms with E-state index >= 15 is 0 Å². The molecule has 1 aromatic carbocycles. The van der Waals surface area contributed by atoms with Crippen LogP contribution in [0.5, 0.6) is 5.75 Å². The summed E-state index contributed by atoms with van der Waals surface area (Å²) in [6.45, 7) is 10.4. The topological polar surface area (TPSA) is 29.5 Å². The van der Waals surface area contributed by atoms with Crippen molar-refractivity contribution in [3.8, 4) is 5.75 Å². The van der Waals surface area contributed by atoms with Crippen molar-refractivity contribution in [2.24, 2.45) is 5.41 Å². The predicted molar refractivity (Wildman–Crippen MR) is 71.2 cm³/mol. The first-order chi connectivity index (χ1) is 7.78. The van der Waals surface area contributed by atoms with E-state index in [-0.39, 0.29) is 11.5 Å². The molecule has 0 aliphatic carbocycles. The first kappa shape index (κ1) is 14.0. The smallest absolute Gasteiger partial charge is 0.119 e. The average molecular weight is 236 g/mol. The van der Waals surface area contributed by atoms with Crippen LogP contribution in [0.4, 0.5) is 0 Å². The van der Waals surface area contributed by atoms with E-state index in [4.69, 9.17) is 4.74 Å². The van der Waals surface area contributed by atoms with Gasteiger partial charge in [0.15, 0.2) is 0 Å². The second kappa shape index (κ2) is 5.54. The van der Waals surface area contributed by atoms with E-state index in [1.165, 1.54) is 0 Å². The van der Waals surface area contributed by atoms with E-state index in [1.54, 1.807) is 0 Å². The van der Waals surface area contributed by atoms with Gasteiger partial charge in [-0.15, -0.1) is 0 Å². The second-order valence-corrected chi connectivity index (χ2v) is 6.02. The minimum Gasteiger partial charge on any atom is -0.491 e. The van der Waals surface area contributed by atoms with Crippen molar-refractivity contribution in [1.29, 1.82) is 0 Å². The minimum absolute atomic E-state index is 0.131. The Morgan fingerprint density at radius 2 is 1.65 bits per heavy atom. The van der Waals surface area contributed by atoms with Crippen LogP contribution >= 0.6 is 0 Å². The number of hydrogen-bond acceptors (Lipinski definition) is 2. The molecule has 2 nitrogen and oxygen atoms in total. The van der Waals surface area contributed by atoms with Gasteiger partial charge in [-0.1, -0.05) is 32.9 Å². The van der Waals surface area contributed by atoms with E-state index < -0.39 is 6.10 Å². The molecule has 0 saturated carbocycles. The Morgan fingerprint density at radius 1 is 1.12 bits per heavy atom. The van der Waals surface area contributed by atoms with Crippen LogP contribution in [0.3, 0.4) is 0 Å². The summed E-state index contributed by atoms with van der Waals surface area (Å²) in [5.74, 6) is 0.853. The maximum Gasteiger partial charge on any atom is 0.119 e. The van der Waals surface area contributed by atoms with Gasteiger partial charge >= 0.3 is 0 Å². The van der Waals surface area contributed by atoms with E-state index in [9.17, 15) is 5.11 Å². The molecule has 17 heavy (non-hydrogen) atoms. The Hall–Kier alpha value is -1.02. The Morgan fingerprint density at radius 3 is 2.06 bits per heavy atom. The molecule has 0 radical (unpaired) electrons. The monoisotopic (exact) mass is 236 g/mol. The van der Waals surface area contributed by atoms with E-state index in [1.807, 2.05) is 38.1 Å². The summed E-state index contributed by atoms with van der Waals surface area (Å²) in [6, 6.07) is 7.71. The number of ether oxygens (including phenoxy) is 1. The lowest BCUT2D eigenvalue weighted by atomic mass is 9.87. The van der Waals surface area contributed by atoms with Gasteiger partial charge in [0.25, 0.3) is 0 Å². The Labute approximate surface area is 105 Å². The third kappa shape index (κ3) is 5.22. The Balaban J connectivity index is 2.67. The molecular weight excluding hydrogens is 212 g/mol. The molecule has 0 aliphatic rings. The van der Waals surface area contributed by atoms with Crippen LogP contribution in [0.1, 0.15) is 52.7 Å². The summed E-state index contributed by atoms with van der Waals surface area (Å²) in [5, 5.41) is 10.1. The zero-order valence-corrected chi connectivity index (χ0v) is 11.5. The molecule has 1 aromatic rings. The highest BCUT2D eigenvalue weighted by molar-refractivity contribution is 5.28. The van der Waals surface area contributed by atoms with E-state index in [2.05, 4.69) is 20.8 Å². The molecule has 0 aliphatic heterocycles. The predicted octanol–water partition coefficient (Wildman–Crippen LogP) is 3.94. The second-order valence-electron chi connectivity index (χ2n) is 6.02. The molecule has 1 N–H and O–H groups in total. The van der Waals surface area contributed by atoms with Gasteiger partial charge in [-0.3, -0.25) is 0 Å². The summed E-state index contributed by atoms with van der Waals surface area (Å²) in [5.41, 5.74) is 1.09. The third-order valence-corrected chi connectivity index (χ3v) is 2.44. The summed E-state index contributed by atoms with van der Waals surface area (Å²) >= 11 is 0. The number of hydrogen-bond donors (Lipinski definition) is 1. The highest BCUT2D eigenvalue weighted by Crippen LogP contribution is 2.30. The summed E-state index contributed by atoms with van der Waals surface area (Å²) in [6.07, 6.45) is 0.542. The van der Waals surface area contributed by atoms with Gasteiger partial charge in [0.05, 0.1) is 12.2 Å². The van der Waals surface area contributed by atoms with Crippen molar-refractivity contribution in [2.45, 2.75) is 53.2 Å². The van der Waals surface area contributed by atoms with Crippen LogP contribution in [0.2, 0.25) is 0 Å². The average Bonchev–Trinajstić information content (AvgIpc) is 2.15. The summed E-state index contributed by atoms with van der Waals surface area (Å²) in [7, 11) is 0. The maximum absolute atomic E-state index is 10.1. The number of benzene rings is 1. The van der Waals surface area contributed by atoms with E-state index in [0.717, 1.165) is 17.7 Å². The fourth-order valence-corrected chi connectivity index (χ4v) is 1.74. The number of aliphatic hydroxyl groups is 1. The van der Waals surface area contributed by atoms with Crippen LogP contribution < -0.4 is 4.74 Å². The van der Waals surface area contributed by atoms with Crippen molar-refractivity contribution in [1.82, 2.24) is 0 Å². The van der Waals surface area contributed by atoms with Gasteiger partial charge in [-0.05, 0) is 43.4 Å². The molecule has 0 saturated heterocycles. The highest BCUT2D eigenvalue weighted by Gasteiger charge is 2.17. The lowest BCUT2D eigenvalue weighted by Gasteiger charge is -2.22. The van der Waals surface area contributed by atoms with Crippen LogP contribution in [0.15, 0.2) is 24.3 Å². The number of aliphatic hydroxyl groups excluding tert-OH is 1. The lowest BCUT2D eigenvalue weighted by molar-refractivity contribution is 0.122. The summed E-state index contributed by atoms with van der Waals surface area (Å²) < 4.78 is 5.57. The largest absolute Gasteiger partial charge is 0.491 e. The molecule has 1 unspecified atom stereocenters. The molecule has 96 valence electrons. The molecule has 0 amide bonds. The van der Waals surface area contributed by atoms with Gasteiger partial charge in [-0.25, -0.2) is 0 Å². The zero-order chi connectivity index (χ0) is 13.1. The third-order valence-electron chi connectivity index (χ3n) is 2.44. The van der Waals surface area contributed by atoms with Crippen molar-refractivity contribution in [3.63, 3.8) is 0 Å². The normalized spacial score (nSPS) is 13.8. The molecule has 0 spiro atoms. The van der Waals surface area contributed by atoms with Gasteiger partial charge in [0, 0.05) is 0 Å². The molecule has 0 fully saturated rings. The van der Waals surface area contributed by atoms with Crippen LogP contribution in [-0.2, 0) is 0 Å². The van der Waals surface area contributed by atoms with Crippen LogP contribution in [0, 0.1) is 5.41 Å². The van der Waals surface area contributed by atoms with Gasteiger partial charge in [-0.2, -0.15) is 0 Å². The summed E-state index contributed by atoms with van der Waals surface area (Å²) in [4.78, 5) is 0. The Kier molecular flexibility index (Phi) is 4.58. The quantitative estimate of drug-likeness (QED) is 0.858. The van der Waals surface area contributed by atoms with E-state index in [0.29, 0.717) is 0 Å². The number of rotatable bonds is 4. The molecule has 0 bridgehead atoms. The van der Waals surface area contributed by atoms with Crippen molar-refractivity contribution in [3.05, 3.63) is 29.8 Å². The zero-order valence-electron chi connectivity index (χ0n) is 11.5. The van der Waals surface area contributed by atoms with Gasteiger partial charge in [0.1, 0.15) is 5.75 Å². The standard InChI is InChI=1S/C15H24O2/c1-11(2)17-13-8-6-12(7-9-13)14(16)10-15(3,4)5/h6-9,11,14,16H,10H2,1-5H3. The molecule has 0 aromatic heterocycles. The van der Waals surface area contributed by atoms with Gasteiger partial charge < -0.3 is 9.84 Å². The van der Waals surface area contributed by atoms with Crippen molar-refractivity contribution < 1.29 is 9.84 Å². The highest BCUT2D eigenvalue weighted by atomic mass is 16.5. The first-order valence-electron chi connectivity index (χ1n) is 6.22. The molecule has 2 heteroatoms. The van der Waals surface area contributed by atoms with Crippen molar-refractivity contribution in [2.75, 3.05) is 0 Å². The first-order valence-corrected chi connectivity index (χ1v) is 6.22. The maximum atomic E-state index is 10.1.